The second kappa shape index (κ2) is 11.6. The Bertz CT molecular complexity index is 907. The van der Waals surface area contributed by atoms with Crippen LogP contribution >= 0.6 is 27.9 Å². The number of amidine groups is 1. The number of amides is 1. The van der Waals surface area contributed by atoms with E-state index >= 15 is 0 Å². The molecule has 1 aliphatic heterocycles. The number of fused-ring (bicyclic) bond motifs is 1. The molecule has 3 rings (SSSR count). The molecule has 0 saturated carbocycles. The smallest absolute Gasteiger partial charge is 0.287 e. The Morgan fingerprint density at radius 1 is 1.38 bits per heavy atom. The van der Waals surface area contributed by atoms with Crippen molar-refractivity contribution in [3.63, 3.8) is 0 Å². The molecule has 2 heterocycles. The molecule has 1 amide bonds. The SMILES string of the molecule is C/C=C\C(=C/C)C(CNC(=O)C1=Nc2ccc(Br)cc2SN1)c1ncco1.CC. The van der Waals surface area contributed by atoms with E-state index in [-0.39, 0.29) is 17.7 Å². The molecular weight excluding hydrogens is 452 g/mol. The maximum Gasteiger partial charge on any atom is 0.287 e. The van der Waals surface area contributed by atoms with E-state index in [0.29, 0.717) is 12.4 Å². The molecule has 1 aromatic heterocycles. The minimum absolute atomic E-state index is 0.176. The van der Waals surface area contributed by atoms with Crippen LogP contribution in [0.15, 0.2) is 73.2 Å². The van der Waals surface area contributed by atoms with Crippen molar-refractivity contribution in [2.75, 3.05) is 6.54 Å². The molecule has 0 radical (unpaired) electrons. The number of halogens is 1. The largest absolute Gasteiger partial charge is 0.448 e. The van der Waals surface area contributed by atoms with Gasteiger partial charge in [0.05, 0.1) is 22.7 Å². The highest BCUT2D eigenvalue weighted by molar-refractivity contribution is 9.10. The van der Waals surface area contributed by atoms with Crippen LogP contribution in [0.1, 0.15) is 39.5 Å². The van der Waals surface area contributed by atoms with Gasteiger partial charge in [-0.05, 0) is 49.6 Å². The van der Waals surface area contributed by atoms with E-state index in [1.165, 1.54) is 18.2 Å². The van der Waals surface area contributed by atoms with Gasteiger partial charge in [-0.2, -0.15) is 0 Å². The molecule has 1 atom stereocenters. The highest BCUT2D eigenvalue weighted by atomic mass is 79.9. The molecule has 2 N–H and O–H groups in total. The number of rotatable bonds is 6. The normalized spacial score (nSPS) is 14.2. The molecule has 154 valence electrons. The topological polar surface area (TPSA) is 79.5 Å². The number of aliphatic imine (C=N–C) groups is 1. The molecule has 1 aliphatic rings. The Hall–Kier alpha value is -2.32. The number of nitrogens with zero attached hydrogens (tertiary/aromatic N) is 2. The first-order valence-corrected chi connectivity index (χ1v) is 11.0. The fraction of sp³-hybridized carbons (Fsp3) is 0.286. The van der Waals surface area contributed by atoms with E-state index in [4.69, 9.17) is 4.42 Å². The molecule has 0 spiro atoms. The van der Waals surface area contributed by atoms with Crippen molar-refractivity contribution in [2.24, 2.45) is 4.99 Å². The van der Waals surface area contributed by atoms with E-state index < -0.39 is 0 Å². The molecule has 1 aromatic carbocycles. The summed E-state index contributed by atoms with van der Waals surface area (Å²) < 4.78 is 9.43. The first kappa shape index (κ1) is 23.0. The van der Waals surface area contributed by atoms with Crippen LogP contribution in [0, 0.1) is 0 Å². The summed E-state index contributed by atoms with van der Waals surface area (Å²) in [5.74, 6) is 0.382. The van der Waals surface area contributed by atoms with E-state index in [1.807, 2.05) is 64.1 Å². The highest BCUT2D eigenvalue weighted by Gasteiger charge is 2.23. The van der Waals surface area contributed by atoms with Gasteiger partial charge in [0.1, 0.15) is 6.26 Å². The molecule has 0 fully saturated rings. The van der Waals surface area contributed by atoms with Gasteiger partial charge in [0.15, 0.2) is 0 Å². The highest BCUT2D eigenvalue weighted by Crippen LogP contribution is 2.33. The zero-order valence-electron chi connectivity index (χ0n) is 16.9. The van der Waals surface area contributed by atoms with Crippen LogP contribution in [0.25, 0.3) is 0 Å². The first-order chi connectivity index (χ1) is 14.1. The van der Waals surface area contributed by atoms with Crippen LogP contribution in [0.4, 0.5) is 5.69 Å². The fourth-order valence-electron chi connectivity index (χ4n) is 2.64. The number of benzene rings is 1. The molecule has 0 aliphatic carbocycles. The number of aromatic nitrogens is 1. The second-order valence-corrected chi connectivity index (χ2v) is 7.46. The molecular formula is C21H25BrN4O2S. The summed E-state index contributed by atoms with van der Waals surface area (Å²) in [6, 6.07) is 5.73. The van der Waals surface area contributed by atoms with Crippen molar-refractivity contribution in [1.82, 2.24) is 15.0 Å². The van der Waals surface area contributed by atoms with Gasteiger partial charge in [0.2, 0.25) is 11.7 Å². The van der Waals surface area contributed by atoms with Crippen molar-refractivity contribution in [3.8, 4) is 0 Å². The minimum Gasteiger partial charge on any atom is -0.448 e. The summed E-state index contributed by atoms with van der Waals surface area (Å²) in [6.45, 7) is 8.25. The Balaban J connectivity index is 0.00000145. The number of oxazole rings is 1. The van der Waals surface area contributed by atoms with Crippen molar-refractivity contribution < 1.29 is 9.21 Å². The van der Waals surface area contributed by atoms with Crippen molar-refractivity contribution in [3.05, 3.63) is 64.8 Å². The molecule has 29 heavy (non-hydrogen) atoms. The number of hydrogen-bond donors (Lipinski definition) is 2. The molecule has 8 heteroatoms. The minimum atomic E-state index is -0.274. The van der Waals surface area contributed by atoms with E-state index in [9.17, 15) is 4.79 Å². The zero-order valence-corrected chi connectivity index (χ0v) is 19.3. The Kier molecular flexibility index (Phi) is 9.21. The summed E-state index contributed by atoms with van der Waals surface area (Å²) in [4.78, 5) is 22.2. The first-order valence-electron chi connectivity index (χ1n) is 9.40. The number of carbonyl (C=O) groups is 1. The van der Waals surface area contributed by atoms with Gasteiger partial charge in [-0.1, -0.05) is 48.0 Å². The zero-order chi connectivity index (χ0) is 21.2. The van der Waals surface area contributed by atoms with Crippen LogP contribution in [0.5, 0.6) is 0 Å². The number of nitrogens with one attached hydrogen (secondary N) is 2. The van der Waals surface area contributed by atoms with Gasteiger partial charge in [-0.25, -0.2) is 9.98 Å². The second-order valence-electron chi connectivity index (χ2n) is 5.70. The van der Waals surface area contributed by atoms with Gasteiger partial charge >= 0.3 is 0 Å². The predicted molar refractivity (Wildman–Crippen MR) is 122 cm³/mol. The Labute approximate surface area is 184 Å². The van der Waals surface area contributed by atoms with Crippen LogP contribution in [0.3, 0.4) is 0 Å². The number of carbonyl (C=O) groups excluding carboxylic acids is 1. The summed E-state index contributed by atoms with van der Waals surface area (Å²) in [5.41, 5.74) is 1.78. The van der Waals surface area contributed by atoms with Crippen molar-refractivity contribution in [1.29, 1.82) is 0 Å². The van der Waals surface area contributed by atoms with Crippen molar-refractivity contribution in [2.45, 2.75) is 38.5 Å². The number of allylic oxidation sites excluding steroid dienone is 3. The number of hydrogen-bond acceptors (Lipinski definition) is 6. The molecule has 2 aromatic rings. The summed E-state index contributed by atoms with van der Waals surface area (Å²) >= 11 is 4.80. The lowest BCUT2D eigenvalue weighted by atomic mass is 9.98. The third-order valence-electron chi connectivity index (χ3n) is 3.94. The van der Waals surface area contributed by atoms with Gasteiger partial charge in [0, 0.05) is 11.0 Å². The van der Waals surface area contributed by atoms with E-state index in [1.54, 1.807) is 6.20 Å². The van der Waals surface area contributed by atoms with Gasteiger partial charge in [-0.3, -0.25) is 4.79 Å². The Morgan fingerprint density at radius 2 is 2.17 bits per heavy atom. The van der Waals surface area contributed by atoms with Crippen LogP contribution < -0.4 is 10.0 Å². The average molecular weight is 477 g/mol. The van der Waals surface area contributed by atoms with Crippen LogP contribution in [-0.4, -0.2) is 23.3 Å². The van der Waals surface area contributed by atoms with Gasteiger partial charge < -0.3 is 14.5 Å². The van der Waals surface area contributed by atoms with Crippen molar-refractivity contribution >= 4 is 45.3 Å². The maximum atomic E-state index is 12.6. The summed E-state index contributed by atoms with van der Waals surface area (Å²) in [5, 5.41) is 2.93. The lowest BCUT2D eigenvalue weighted by Gasteiger charge is -2.19. The molecule has 0 bridgehead atoms. The van der Waals surface area contributed by atoms with Crippen LogP contribution in [0.2, 0.25) is 0 Å². The van der Waals surface area contributed by atoms with E-state index in [2.05, 4.69) is 35.9 Å². The summed E-state index contributed by atoms with van der Waals surface area (Å²) in [7, 11) is 0. The van der Waals surface area contributed by atoms with Crippen LogP contribution in [-0.2, 0) is 4.79 Å². The molecule has 1 unspecified atom stereocenters. The molecule has 0 saturated heterocycles. The summed E-state index contributed by atoms with van der Waals surface area (Å²) in [6.07, 6.45) is 9.06. The Morgan fingerprint density at radius 3 is 2.83 bits per heavy atom. The van der Waals surface area contributed by atoms with Gasteiger partial charge in [-0.15, -0.1) is 0 Å². The average Bonchev–Trinajstić information content (AvgIpc) is 3.28. The van der Waals surface area contributed by atoms with Gasteiger partial charge in [0.25, 0.3) is 5.91 Å². The lowest BCUT2D eigenvalue weighted by Crippen LogP contribution is -2.40. The third kappa shape index (κ3) is 6.08. The predicted octanol–water partition coefficient (Wildman–Crippen LogP) is 5.53. The monoisotopic (exact) mass is 476 g/mol. The third-order valence-corrected chi connectivity index (χ3v) is 5.27. The standard InChI is InChI=1S/C19H19BrN4O2S.C2H6/c1-3-5-12(4-2)14(19-21-8-9-26-19)11-22-18(25)17-23-15-7-6-13(20)10-16(15)27-24-17;1-2/h3-10,14H,11H2,1-2H3,(H,22,25)(H,23,24);1-2H3/b5-3-,12-4+;. The molecule has 6 nitrogen and oxygen atoms in total. The fourth-order valence-corrected chi connectivity index (χ4v) is 3.91. The maximum absolute atomic E-state index is 12.6. The van der Waals surface area contributed by atoms with E-state index in [0.717, 1.165) is 20.6 Å². The lowest BCUT2D eigenvalue weighted by molar-refractivity contribution is -0.115. The quantitative estimate of drug-likeness (QED) is 0.423.